The molecule has 5 N–H and O–H groups in total. The summed E-state index contributed by atoms with van der Waals surface area (Å²) in [4.78, 5) is 23.7. The van der Waals surface area contributed by atoms with E-state index in [2.05, 4.69) is 0 Å². The van der Waals surface area contributed by atoms with Gasteiger partial charge in [-0.1, -0.05) is 6.07 Å². The minimum Gasteiger partial charge on any atom is -0.508 e. The summed E-state index contributed by atoms with van der Waals surface area (Å²) < 4.78 is 26.0. The summed E-state index contributed by atoms with van der Waals surface area (Å²) in [5.74, 6) is -5.12. The van der Waals surface area contributed by atoms with E-state index in [9.17, 15) is 33.7 Å². The van der Waals surface area contributed by atoms with Gasteiger partial charge < -0.3 is 15.3 Å². The second kappa shape index (κ2) is 7.14. The van der Waals surface area contributed by atoms with Crippen LogP contribution < -0.4 is 10.9 Å². The predicted molar refractivity (Wildman–Crippen MR) is 81.4 cm³/mol. The number of hydrazine groups is 1. The molecule has 0 aromatic heterocycles. The maximum Gasteiger partial charge on any atom is 0.273 e. The van der Waals surface area contributed by atoms with Crippen molar-refractivity contribution in [3.8, 4) is 11.5 Å². The van der Waals surface area contributed by atoms with Crippen molar-refractivity contribution in [1.29, 1.82) is 0 Å². The van der Waals surface area contributed by atoms with Crippen LogP contribution in [0.3, 0.4) is 0 Å². The van der Waals surface area contributed by atoms with Gasteiger partial charge in [0, 0.05) is 6.07 Å². The standard InChI is InChI=1S/C16H14F2N2O5/c1-7-4-9(13(22)6-12(7)21)15(24)19-20-16(25)14(23)8-2-3-10(17)11(18)5-8/h2-6,14,21-23H,1H3,(H,19,24)(H,20,25). The van der Waals surface area contributed by atoms with Crippen molar-refractivity contribution in [2.75, 3.05) is 0 Å². The van der Waals surface area contributed by atoms with Crippen molar-refractivity contribution in [2.24, 2.45) is 0 Å². The summed E-state index contributed by atoms with van der Waals surface area (Å²) in [7, 11) is 0. The lowest BCUT2D eigenvalue weighted by Crippen LogP contribution is -2.44. The molecular formula is C16H14F2N2O5. The molecule has 2 aromatic rings. The Kier molecular flexibility index (Phi) is 5.18. The second-order valence-electron chi connectivity index (χ2n) is 5.18. The zero-order chi connectivity index (χ0) is 18.7. The number of aliphatic hydroxyl groups excluding tert-OH is 1. The third-order valence-corrected chi connectivity index (χ3v) is 3.37. The summed E-state index contributed by atoms with van der Waals surface area (Å²) in [6.07, 6.45) is -1.86. The molecule has 0 saturated heterocycles. The van der Waals surface area contributed by atoms with E-state index in [1.165, 1.54) is 13.0 Å². The van der Waals surface area contributed by atoms with Crippen LogP contribution in [0.25, 0.3) is 0 Å². The zero-order valence-corrected chi connectivity index (χ0v) is 12.9. The Morgan fingerprint density at radius 3 is 2.32 bits per heavy atom. The van der Waals surface area contributed by atoms with Crippen LogP contribution in [0, 0.1) is 18.6 Å². The van der Waals surface area contributed by atoms with Crippen molar-refractivity contribution in [1.82, 2.24) is 10.9 Å². The van der Waals surface area contributed by atoms with E-state index in [0.29, 0.717) is 11.6 Å². The van der Waals surface area contributed by atoms with Gasteiger partial charge in [0.2, 0.25) is 0 Å². The first-order chi connectivity index (χ1) is 11.7. The molecule has 1 atom stereocenters. The monoisotopic (exact) mass is 352 g/mol. The smallest absolute Gasteiger partial charge is 0.273 e. The molecule has 7 nitrogen and oxygen atoms in total. The van der Waals surface area contributed by atoms with Crippen molar-refractivity contribution in [2.45, 2.75) is 13.0 Å². The number of hydrogen-bond donors (Lipinski definition) is 5. The van der Waals surface area contributed by atoms with E-state index < -0.39 is 35.3 Å². The molecule has 2 amide bonds. The van der Waals surface area contributed by atoms with E-state index in [4.69, 9.17) is 0 Å². The molecule has 0 heterocycles. The number of aromatic hydroxyl groups is 2. The van der Waals surface area contributed by atoms with Gasteiger partial charge in [-0.25, -0.2) is 8.78 Å². The SMILES string of the molecule is Cc1cc(C(=O)NNC(=O)C(O)c2ccc(F)c(F)c2)c(O)cc1O. The van der Waals surface area contributed by atoms with E-state index >= 15 is 0 Å². The van der Waals surface area contributed by atoms with Crippen molar-refractivity contribution in [3.63, 3.8) is 0 Å². The number of phenols is 2. The Balaban J connectivity index is 2.05. The summed E-state index contributed by atoms with van der Waals surface area (Å²) in [6.45, 7) is 1.50. The Hall–Kier alpha value is -3.20. The van der Waals surface area contributed by atoms with E-state index in [1.807, 2.05) is 10.9 Å². The first kappa shape index (κ1) is 18.1. The van der Waals surface area contributed by atoms with Gasteiger partial charge in [-0.15, -0.1) is 0 Å². The number of phenolic OH excluding ortho intramolecular Hbond substituents is 2. The number of nitrogens with one attached hydrogen (secondary N) is 2. The summed E-state index contributed by atoms with van der Waals surface area (Å²) in [5, 5.41) is 28.8. The first-order valence-electron chi connectivity index (χ1n) is 6.96. The molecule has 0 aliphatic rings. The lowest BCUT2D eigenvalue weighted by Gasteiger charge is -2.13. The molecule has 0 spiro atoms. The van der Waals surface area contributed by atoms with Gasteiger partial charge in [-0.3, -0.25) is 20.4 Å². The number of aryl methyl sites for hydroxylation is 1. The molecule has 25 heavy (non-hydrogen) atoms. The number of carbonyl (C=O) groups excluding carboxylic acids is 2. The van der Waals surface area contributed by atoms with Gasteiger partial charge in [0.05, 0.1) is 5.56 Å². The minimum absolute atomic E-state index is 0.214. The van der Waals surface area contributed by atoms with Crippen LogP contribution in [0.2, 0.25) is 0 Å². The van der Waals surface area contributed by atoms with Crippen LogP contribution in [0.5, 0.6) is 11.5 Å². The lowest BCUT2D eigenvalue weighted by molar-refractivity contribution is -0.130. The number of carbonyl (C=O) groups is 2. The maximum absolute atomic E-state index is 13.1. The third-order valence-electron chi connectivity index (χ3n) is 3.37. The van der Waals surface area contributed by atoms with Gasteiger partial charge in [0.25, 0.3) is 11.8 Å². The number of amides is 2. The van der Waals surface area contributed by atoms with Crippen LogP contribution in [0.1, 0.15) is 27.6 Å². The van der Waals surface area contributed by atoms with Gasteiger partial charge in [0.15, 0.2) is 17.7 Å². The van der Waals surface area contributed by atoms with Crippen LogP contribution in [0.15, 0.2) is 30.3 Å². The molecule has 0 radical (unpaired) electrons. The molecule has 9 heteroatoms. The molecule has 0 aliphatic heterocycles. The number of aliphatic hydroxyl groups is 1. The molecule has 2 aromatic carbocycles. The molecule has 0 bridgehead atoms. The zero-order valence-electron chi connectivity index (χ0n) is 12.9. The molecule has 0 fully saturated rings. The predicted octanol–water partition coefficient (Wildman–Crippen LogP) is 1.18. The Labute approximate surface area is 140 Å². The summed E-state index contributed by atoms with van der Waals surface area (Å²) in [6, 6.07) is 4.56. The molecule has 132 valence electrons. The van der Waals surface area contributed by atoms with E-state index in [1.54, 1.807) is 0 Å². The fraction of sp³-hybridized carbons (Fsp3) is 0.125. The quantitative estimate of drug-likeness (QED) is 0.532. The normalized spacial score (nSPS) is 11.7. The van der Waals surface area contributed by atoms with Crippen LogP contribution in [0.4, 0.5) is 8.78 Å². The van der Waals surface area contributed by atoms with Crippen molar-refractivity contribution < 1.29 is 33.7 Å². The highest BCUT2D eigenvalue weighted by Crippen LogP contribution is 2.26. The average Bonchev–Trinajstić information content (AvgIpc) is 2.57. The van der Waals surface area contributed by atoms with Gasteiger partial charge >= 0.3 is 0 Å². The van der Waals surface area contributed by atoms with Crippen LogP contribution in [-0.4, -0.2) is 27.1 Å². The van der Waals surface area contributed by atoms with E-state index in [0.717, 1.165) is 18.2 Å². The highest BCUT2D eigenvalue weighted by molar-refractivity contribution is 5.98. The minimum atomic E-state index is -1.86. The molecule has 0 aliphatic carbocycles. The maximum atomic E-state index is 13.1. The Morgan fingerprint density at radius 1 is 1.00 bits per heavy atom. The summed E-state index contributed by atoms with van der Waals surface area (Å²) in [5.41, 5.74) is 3.73. The number of hydrogen-bond acceptors (Lipinski definition) is 5. The second-order valence-corrected chi connectivity index (χ2v) is 5.18. The highest BCUT2D eigenvalue weighted by atomic mass is 19.2. The van der Waals surface area contributed by atoms with Crippen molar-refractivity contribution >= 4 is 11.8 Å². The number of halogens is 2. The van der Waals surface area contributed by atoms with Gasteiger partial charge in [0.1, 0.15) is 11.5 Å². The molecule has 0 saturated carbocycles. The molecular weight excluding hydrogens is 338 g/mol. The Bertz CT molecular complexity index is 842. The lowest BCUT2D eigenvalue weighted by atomic mass is 10.1. The first-order valence-corrected chi connectivity index (χ1v) is 6.96. The van der Waals surface area contributed by atoms with Gasteiger partial charge in [-0.2, -0.15) is 0 Å². The van der Waals surface area contributed by atoms with E-state index in [-0.39, 0.29) is 16.9 Å². The topological polar surface area (TPSA) is 119 Å². The van der Waals surface area contributed by atoms with Crippen LogP contribution >= 0.6 is 0 Å². The average molecular weight is 352 g/mol. The third kappa shape index (κ3) is 4.01. The Morgan fingerprint density at radius 2 is 1.68 bits per heavy atom. The number of rotatable bonds is 3. The summed E-state index contributed by atoms with van der Waals surface area (Å²) >= 11 is 0. The van der Waals surface area contributed by atoms with Gasteiger partial charge in [-0.05, 0) is 36.2 Å². The van der Waals surface area contributed by atoms with Crippen LogP contribution in [-0.2, 0) is 4.79 Å². The molecule has 1 unspecified atom stereocenters. The molecule has 2 rings (SSSR count). The largest absolute Gasteiger partial charge is 0.508 e. The van der Waals surface area contributed by atoms with Crippen molar-refractivity contribution in [3.05, 3.63) is 58.7 Å². The highest BCUT2D eigenvalue weighted by Gasteiger charge is 2.20. The number of benzene rings is 2. The fourth-order valence-corrected chi connectivity index (χ4v) is 1.96. The fourth-order valence-electron chi connectivity index (χ4n) is 1.96.